The molecule has 5 nitrogen and oxygen atoms in total. The lowest BCUT2D eigenvalue weighted by Crippen LogP contribution is -2.20. The number of benzene rings is 2. The van der Waals surface area contributed by atoms with Crippen LogP contribution in [0.25, 0.3) is 22.2 Å². The summed E-state index contributed by atoms with van der Waals surface area (Å²) in [4.78, 5) is 18.0. The van der Waals surface area contributed by atoms with Gasteiger partial charge in [0.15, 0.2) is 0 Å². The molecule has 0 fully saturated rings. The van der Waals surface area contributed by atoms with Crippen molar-refractivity contribution in [3.05, 3.63) is 59.7 Å². The number of aliphatic hydroxyl groups is 1. The minimum Gasteiger partial charge on any atom is -0.395 e. The summed E-state index contributed by atoms with van der Waals surface area (Å²) in [7, 11) is 1.95. The normalized spacial score (nSPS) is 10.9. The second-order valence-corrected chi connectivity index (χ2v) is 6.51. The molecule has 0 saturated carbocycles. The average molecular weight is 349 g/mol. The first-order valence-corrected chi connectivity index (χ1v) is 8.59. The van der Waals surface area contributed by atoms with Crippen LogP contribution in [0, 0.1) is 6.92 Å². The number of aliphatic hydroxyl groups excluding tert-OH is 1. The van der Waals surface area contributed by atoms with E-state index >= 15 is 0 Å². The molecular formula is C21H23N3O2. The zero-order chi connectivity index (χ0) is 18.7. The molecule has 0 atom stereocenters. The first-order valence-electron chi connectivity index (χ1n) is 8.59. The van der Waals surface area contributed by atoms with Gasteiger partial charge in [0.25, 0.3) is 0 Å². The highest BCUT2D eigenvalue weighted by Crippen LogP contribution is 2.26. The molecule has 3 N–H and O–H groups in total. The molecule has 1 aromatic heterocycles. The Morgan fingerprint density at radius 2 is 1.88 bits per heavy atom. The number of hydrogen-bond donors (Lipinski definition) is 2. The molecule has 0 aliphatic heterocycles. The number of carbonyl (C=O) groups excluding carboxylic acids is 1. The van der Waals surface area contributed by atoms with Gasteiger partial charge < -0.3 is 15.7 Å². The van der Waals surface area contributed by atoms with E-state index in [9.17, 15) is 4.79 Å². The standard InChI is InChI=1S/C21H23N3O2/c1-14-11-19(16-4-6-17(7-5-16)24(2)9-10-25)23-20-12-15(13-21(22)26)3-8-18(14)20/h3-8,11-12,25H,9-10,13H2,1-2H3,(H2,22,26). The number of anilines is 1. The average Bonchev–Trinajstić information content (AvgIpc) is 2.61. The van der Waals surface area contributed by atoms with E-state index < -0.39 is 0 Å². The smallest absolute Gasteiger partial charge is 0.221 e. The van der Waals surface area contributed by atoms with Crippen molar-refractivity contribution in [3.63, 3.8) is 0 Å². The Morgan fingerprint density at radius 3 is 2.54 bits per heavy atom. The summed E-state index contributed by atoms with van der Waals surface area (Å²) in [5.41, 5.74) is 11.1. The van der Waals surface area contributed by atoms with Gasteiger partial charge in [-0.3, -0.25) is 4.79 Å². The van der Waals surface area contributed by atoms with Crippen LogP contribution in [-0.2, 0) is 11.2 Å². The van der Waals surface area contributed by atoms with Crippen molar-refractivity contribution in [1.29, 1.82) is 0 Å². The van der Waals surface area contributed by atoms with Gasteiger partial charge in [0.1, 0.15) is 0 Å². The van der Waals surface area contributed by atoms with Gasteiger partial charge in [-0.2, -0.15) is 0 Å². The van der Waals surface area contributed by atoms with Crippen molar-refractivity contribution >= 4 is 22.5 Å². The first kappa shape index (κ1) is 17.9. The van der Waals surface area contributed by atoms with E-state index in [4.69, 9.17) is 15.8 Å². The van der Waals surface area contributed by atoms with Crippen molar-refractivity contribution in [2.24, 2.45) is 5.73 Å². The molecule has 0 aliphatic rings. The lowest BCUT2D eigenvalue weighted by Gasteiger charge is -2.18. The monoisotopic (exact) mass is 349 g/mol. The highest BCUT2D eigenvalue weighted by molar-refractivity contribution is 5.87. The lowest BCUT2D eigenvalue weighted by atomic mass is 10.0. The van der Waals surface area contributed by atoms with Gasteiger partial charge in [0.05, 0.1) is 24.2 Å². The maximum absolute atomic E-state index is 11.2. The first-order chi connectivity index (χ1) is 12.5. The van der Waals surface area contributed by atoms with Gasteiger partial charge in [-0.05, 0) is 42.3 Å². The Hall–Kier alpha value is -2.92. The summed E-state index contributed by atoms with van der Waals surface area (Å²) in [5, 5.41) is 10.1. The van der Waals surface area contributed by atoms with Crippen LogP contribution in [0.15, 0.2) is 48.5 Å². The summed E-state index contributed by atoms with van der Waals surface area (Å²) >= 11 is 0. The number of aromatic nitrogens is 1. The van der Waals surface area contributed by atoms with E-state index in [-0.39, 0.29) is 18.9 Å². The van der Waals surface area contributed by atoms with Gasteiger partial charge in [0, 0.05) is 30.2 Å². The Kier molecular flexibility index (Phi) is 5.19. The second-order valence-electron chi connectivity index (χ2n) is 6.51. The third-order valence-electron chi connectivity index (χ3n) is 4.50. The lowest BCUT2D eigenvalue weighted by molar-refractivity contribution is -0.117. The molecule has 0 spiro atoms. The number of nitrogens with two attached hydrogens (primary N) is 1. The highest BCUT2D eigenvalue weighted by Gasteiger charge is 2.08. The molecule has 0 aliphatic carbocycles. The van der Waals surface area contributed by atoms with Crippen LogP contribution in [0.4, 0.5) is 5.69 Å². The Bertz CT molecular complexity index is 936. The van der Waals surface area contributed by atoms with Crippen LogP contribution in [0.3, 0.4) is 0 Å². The van der Waals surface area contributed by atoms with Gasteiger partial charge in [-0.1, -0.05) is 24.3 Å². The van der Waals surface area contributed by atoms with E-state index in [0.29, 0.717) is 6.54 Å². The number of likely N-dealkylation sites (N-methyl/N-ethyl adjacent to an activating group) is 1. The van der Waals surface area contributed by atoms with Crippen LogP contribution in [0.2, 0.25) is 0 Å². The number of amides is 1. The van der Waals surface area contributed by atoms with Crippen LogP contribution in [-0.4, -0.2) is 36.2 Å². The topological polar surface area (TPSA) is 79.4 Å². The molecule has 1 amide bonds. The van der Waals surface area contributed by atoms with E-state index in [1.54, 1.807) is 0 Å². The van der Waals surface area contributed by atoms with E-state index in [2.05, 4.69) is 13.0 Å². The summed E-state index contributed by atoms with van der Waals surface area (Å²) < 4.78 is 0. The van der Waals surface area contributed by atoms with Crippen LogP contribution in [0.1, 0.15) is 11.1 Å². The number of nitrogens with zero attached hydrogens (tertiary/aromatic N) is 2. The Balaban J connectivity index is 1.97. The summed E-state index contributed by atoms with van der Waals surface area (Å²) in [5.74, 6) is -0.347. The number of hydrogen-bond acceptors (Lipinski definition) is 4. The number of primary amides is 1. The van der Waals surface area contributed by atoms with Crippen molar-refractivity contribution in [3.8, 4) is 11.3 Å². The molecular weight excluding hydrogens is 326 g/mol. The van der Waals surface area contributed by atoms with Crippen LogP contribution in [0.5, 0.6) is 0 Å². The van der Waals surface area contributed by atoms with E-state index in [1.165, 1.54) is 0 Å². The Morgan fingerprint density at radius 1 is 1.15 bits per heavy atom. The minimum absolute atomic E-state index is 0.122. The number of fused-ring (bicyclic) bond motifs is 1. The molecule has 2 aromatic carbocycles. The Labute approximate surface area is 153 Å². The maximum Gasteiger partial charge on any atom is 0.221 e. The number of carbonyl (C=O) groups is 1. The van der Waals surface area contributed by atoms with Crippen molar-refractivity contribution in [1.82, 2.24) is 4.98 Å². The second kappa shape index (κ2) is 7.54. The van der Waals surface area contributed by atoms with Crippen molar-refractivity contribution in [2.45, 2.75) is 13.3 Å². The fourth-order valence-corrected chi connectivity index (χ4v) is 3.07. The third kappa shape index (κ3) is 3.83. The SMILES string of the molecule is Cc1cc(-c2ccc(N(C)CCO)cc2)nc2cc(CC(N)=O)ccc12. The number of rotatable bonds is 6. The van der Waals surface area contributed by atoms with Gasteiger partial charge in [-0.25, -0.2) is 4.98 Å². The van der Waals surface area contributed by atoms with Gasteiger partial charge in [0.2, 0.25) is 5.91 Å². The molecule has 1 heterocycles. The number of pyridine rings is 1. The molecule has 5 heteroatoms. The maximum atomic E-state index is 11.2. The summed E-state index contributed by atoms with van der Waals surface area (Å²) in [6.45, 7) is 2.78. The molecule has 0 saturated heterocycles. The highest BCUT2D eigenvalue weighted by atomic mass is 16.3. The largest absolute Gasteiger partial charge is 0.395 e. The fraction of sp³-hybridized carbons (Fsp3) is 0.238. The molecule has 3 aromatic rings. The van der Waals surface area contributed by atoms with E-state index in [1.807, 2.05) is 54.4 Å². The minimum atomic E-state index is -0.347. The fourth-order valence-electron chi connectivity index (χ4n) is 3.07. The zero-order valence-corrected chi connectivity index (χ0v) is 15.1. The van der Waals surface area contributed by atoms with Crippen molar-refractivity contribution < 1.29 is 9.90 Å². The molecule has 0 bridgehead atoms. The van der Waals surface area contributed by atoms with Crippen LogP contribution >= 0.6 is 0 Å². The van der Waals surface area contributed by atoms with Crippen molar-refractivity contribution in [2.75, 3.05) is 25.1 Å². The van der Waals surface area contributed by atoms with E-state index in [0.717, 1.165) is 39.0 Å². The molecule has 0 radical (unpaired) electrons. The van der Waals surface area contributed by atoms with Gasteiger partial charge >= 0.3 is 0 Å². The number of aryl methyl sites for hydroxylation is 1. The van der Waals surface area contributed by atoms with Crippen LogP contribution < -0.4 is 10.6 Å². The predicted molar refractivity (Wildman–Crippen MR) is 105 cm³/mol. The summed E-state index contributed by atoms with van der Waals surface area (Å²) in [6, 6.07) is 16.0. The zero-order valence-electron chi connectivity index (χ0n) is 15.1. The molecule has 0 unspecified atom stereocenters. The summed E-state index contributed by atoms with van der Waals surface area (Å²) in [6.07, 6.45) is 0.215. The molecule has 3 rings (SSSR count). The molecule has 26 heavy (non-hydrogen) atoms. The molecule has 134 valence electrons. The third-order valence-corrected chi connectivity index (χ3v) is 4.50. The van der Waals surface area contributed by atoms with Gasteiger partial charge in [-0.15, -0.1) is 0 Å². The predicted octanol–water partition coefficient (Wildman–Crippen LogP) is 2.67. The quantitative estimate of drug-likeness (QED) is 0.717.